The molecule has 0 bridgehead atoms. The number of unbranched alkanes of at least 4 members (excludes halogenated alkanes) is 36. The minimum atomic E-state index is -4.82. The largest absolute Gasteiger partial charge is 1.00 e. The van der Waals surface area contributed by atoms with Crippen LogP contribution in [0.25, 0.3) is 0 Å². The van der Waals surface area contributed by atoms with E-state index in [0.29, 0.717) is 12.8 Å². The number of allylic oxidation sites excluding steroid dienone is 4. The smallest absolute Gasteiger partial charge is 0.744 e. The minimum absolute atomic E-state index is 0. The summed E-state index contributed by atoms with van der Waals surface area (Å²) in [5.41, 5.74) is -0.333. The van der Waals surface area contributed by atoms with Gasteiger partial charge in [0, 0.05) is 0 Å². The van der Waals surface area contributed by atoms with Crippen molar-refractivity contribution in [2.45, 2.75) is 276 Å². The Bertz CT molecular complexity index is 1410. The van der Waals surface area contributed by atoms with Gasteiger partial charge in [-0.2, -0.15) is 0 Å². The van der Waals surface area contributed by atoms with Gasteiger partial charge in [0.1, 0.15) is 10.1 Å². The fraction of sp³-hybridized carbons (Fsp3) is 0.786. The molecule has 370 valence electrons. The molecule has 0 unspecified atom stereocenters. The van der Waals surface area contributed by atoms with E-state index in [1.54, 1.807) is 0 Å². The molecule has 9 heteroatoms. The van der Waals surface area contributed by atoms with Gasteiger partial charge in [-0.05, 0) is 82.4 Å². The summed E-state index contributed by atoms with van der Waals surface area (Å²) in [6.07, 6.45) is 59.4. The number of hydrogen-bond acceptors (Lipinski definition) is 7. The van der Waals surface area contributed by atoms with E-state index in [0.717, 1.165) is 50.7 Å². The third-order valence-electron chi connectivity index (χ3n) is 12.5. The van der Waals surface area contributed by atoms with E-state index >= 15 is 0 Å². The summed E-state index contributed by atoms with van der Waals surface area (Å²) < 4.78 is 46.0. The van der Waals surface area contributed by atoms with Gasteiger partial charge in [-0.3, -0.25) is 0 Å². The molecule has 0 amide bonds. The molecule has 1 aromatic rings. The number of ether oxygens (including phenoxy) is 2. The van der Waals surface area contributed by atoms with Crippen molar-refractivity contribution in [2.24, 2.45) is 0 Å². The van der Waals surface area contributed by atoms with E-state index in [1.807, 2.05) is 0 Å². The first-order valence-electron chi connectivity index (χ1n) is 27.0. The van der Waals surface area contributed by atoms with E-state index in [2.05, 4.69) is 38.2 Å². The number of carbonyl (C=O) groups is 2. The van der Waals surface area contributed by atoms with E-state index in [1.165, 1.54) is 212 Å². The van der Waals surface area contributed by atoms with Gasteiger partial charge in [0.2, 0.25) is 0 Å². The van der Waals surface area contributed by atoms with Crippen molar-refractivity contribution in [2.75, 3.05) is 13.2 Å². The number of hydrogen-bond donors (Lipinski definition) is 0. The zero-order valence-electron chi connectivity index (χ0n) is 42.5. The maximum atomic E-state index is 13.0. The molecule has 0 aromatic heterocycles. The van der Waals surface area contributed by atoms with Crippen molar-refractivity contribution in [3.8, 4) is 0 Å². The molecule has 0 saturated carbocycles. The van der Waals surface area contributed by atoms with Gasteiger partial charge in [-0.25, -0.2) is 18.0 Å². The van der Waals surface area contributed by atoms with Gasteiger partial charge in [-0.1, -0.05) is 231 Å². The van der Waals surface area contributed by atoms with Crippen LogP contribution in [-0.2, 0) is 19.6 Å². The average molecular weight is 954 g/mol. The minimum Gasteiger partial charge on any atom is -0.744 e. The number of benzene rings is 1. The van der Waals surface area contributed by atoms with Gasteiger partial charge < -0.3 is 14.0 Å². The molecule has 0 atom stereocenters. The van der Waals surface area contributed by atoms with Crippen LogP contribution in [-0.4, -0.2) is 38.1 Å². The van der Waals surface area contributed by atoms with E-state index in [9.17, 15) is 22.6 Å². The molecular formula is C56H97KO7S. The van der Waals surface area contributed by atoms with Crippen LogP contribution in [0.4, 0.5) is 0 Å². The van der Waals surface area contributed by atoms with E-state index in [-0.39, 0.29) is 75.7 Å². The molecule has 0 aliphatic heterocycles. The second-order valence-corrected chi connectivity index (χ2v) is 19.9. The molecule has 0 aliphatic rings. The fourth-order valence-corrected chi connectivity index (χ4v) is 8.83. The zero-order valence-corrected chi connectivity index (χ0v) is 46.4. The second kappa shape index (κ2) is 48.2. The van der Waals surface area contributed by atoms with Crippen LogP contribution in [0.2, 0.25) is 0 Å². The predicted molar refractivity (Wildman–Crippen MR) is 269 cm³/mol. The fourth-order valence-electron chi connectivity index (χ4n) is 8.33. The van der Waals surface area contributed by atoms with Crippen LogP contribution in [0.15, 0.2) is 47.4 Å². The van der Waals surface area contributed by atoms with Crippen molar-refractivity contribution < 1.29 is 83.4 Å². The summed E-state index contributed by atoms with van der Waals surface area (Å²) in [6, 6.07) is 3.16. The Kier molecular flexibility index (Phi) is 47.6. The maximum absolute atomic E-state index is 13.0. The number of rotatable bonds is 47. The predicted octanol–water partition coefficient (Wildman–Crippen LogP) is 14.7. The average Bonchev–Trinajstić information content (AvgIpc) is 3.28. The molecule has 0 heterocycles. The van der Waals surface area contributed by atoms with Gasteiger partial charge in [0.15, 0.2) is 0 Å². The third kappa shape index (κ3) is 40.8. The summed E-state index contributed by atoms with van der Waals surface area (Å²) >= 11 is 0. The van der Waals surface area contributed by atoms with Crippen molar-refractivity contribution in [3.05, 3.63) is 53.6 Å². The Morgan fingerprint density at radius 1 is 0.415 bits per heavy atom. The van der Waals surface area contributed by atoms with Crippen molar-refractivity contribution >= 4 is 22.1 Å². The molecule has 0 saturated heterocycles. The Morgan fingerprint density at radius 3 is 0.969 bits per heavy atom. The van der Waals surface area contributed by atoms with Gasteiger partial charge in [0.25, 0.3) is 0 Å². The van der Waals surface area contributed by atoms with Crippen molar-refractivity contribution in [1.29, 1.82) is 0 Å². The Morgan fingerprint density at radius 2 is 0.677 bits per heavy atom. The van der Waals surface area contributed by atoms with Crippen LogP contribution >= 0.6 is 0 Å². The molecule has 7 nitrogen and oxygen atoms in total. The molecule has 0 aliphatic carbocycles. The third-order valence-corrected chi connectivity index (χ3v) is 13.3. The van der Waals surface area contributed by atoms with E-state index < -0.39 is 27.0 Å². The monoisotopic (exact) mass is 953 g/mol. The van der Waals surface area contributed by atoms with Gasteiger partial charge in [-0.15, -0.1) is 0 Å². The molecule has 0 radical (unpaired) electrons. The van der Waals surface area contributed by atoms with Crippen LogP contribution in [0, 0.1) is 0 Å². The van der Waals surface area contributed by atoms with Crippen LogP contribution in [0.1, 0.15) is 291 Å². The topological polar surface area (TPSA) is 110 Å². The summed E-state index contributed by atoms with van der Waals surface area (Å²) in [6.45, 7) is 4.91. The van der Waals surface area contributed by atoms with Crippen LogP contribution < -0.4 is 51.4 Å². The maximum Gasteiger partial charge on any atom is 1.00 e. The number of carbonyl (C=O) groups excluding carboxylic acids is 2. The molecule has 1 aromatic carbocycles. The molecule has 65 heavy (non-hydrogen) atoms. The standard InChI is InChI=1S/C56H98O7S.K/c1-3-5-7-9-11-13-15-17-19-21-23-25-27-29-31-33-35-37-39-41-43-45-49-62-55(57)53-48-47-52(64(59,60)61)51-54(53)56(58)63-50-46-44-42-40-38-36-34-32-30-28-26-24-22-20-18-16-14-12-10-8-6-4-2;/h21-24,47-48,51H,3-20,25-46,49-50H2,1-2H3,(H,59,60,61);/q;+1/p-1/b23-21+,24-22+;. The normalized spacial score (nSPS) is 11.7. The molecule has 0 spiro atoms. The summed E-state index contributed by atoms with van der Waals surface area (Å²) in [5.74, 6) is -1.54. The van der Waals surface area contributed by atoms with Gasteiger partial charge >= 0.3 is 63.3 Å². The quantitative estimate of drug-likeness (QED) is 0.0210. The molecule has 0 fully saturated rings. The van der Waals surface area contributed by atoms with E-state index in [4.69, 9.17) is 9.47 Å². The summed E-state index contributed by atoms with van der Waals surface area (Å²) in [5, 5.41) is 0. The molecular weight excluding hydrogens is 856 g/mol. The van der Waals surface area contributed by atoms with Crippen LogP contribution in [0.5, 0.6) is 0 Å². The Hall–Kier alpha value is -0.814. The Labute approximate surface area is 443 Å². The van der Waals surface area contributed by atoms with Crippen molar-refractivity contribution in [3.63, 3.8) is 0 Å². The summed E-state index contributed by atoms with van der Waals surface area (Å²) in [7, 11) is -4.82. The molecule has 0 N–H and O–H groups in total. The summed E-state index contributed by atoms with van der Waals surface area (Å²) in [4.78, 5) is 25.4. The first kappa shape index (κ1) is 64.2. The Balaban J connectivity index is 0.0000410. The second-order valence-electron chi connectivity index (χ2n) is 18.6. The number of esters is 2. The first-order valence-corrected chi connectivity index (χ1v) is 28.5. The SMILES string of the molecule is CCCCCCCCCC/C=C/CCCCCCCCCCCCOC(=O)c1ccc(S(=O)(=O)[O-])cc1C(=O)OCCCCCCCCCCCC/C=C/CCCCCCCCCC.[K+]. The van der Waals surface area contributed by atoms with Crippen LogP contribution in [0.3, 0.4) is 0 Å². The van der Waals surface area contributed by atoms with Crippen molar-refractivity contribution in [1.82, 2.24) is 0 Å². The first-order chi connectivity index (χ1) is 31.3. The van der Waals surface area contributed by atoms with Gasteiger partial charge in [0.05, 0.1) is 29.2 Å². The zero-order chi connectivity index (χ0) is 46.4. The molecule has 1 rings (SSSR count).